The van der Waals surface area contributed by atoms with Crippen LogP contribution in [0.5, 0.6) is 0 Å². The molecule has 0 amide bonds. The van der Waals surface area contributed by atoms with E-state index in [1.54, 1.807) is 16.7 Å². The molecule has 0 bridgehead atoms. The molecule has 112 valence electrons. The lowest BCUT2D eigenvalue weighted by Crippen LogP contribution is -2.30. The number of pyridine rings is 1. The molecule has 1 aliphatic rings. The lowest BCUT2D eigenvalue weighted by atomic mass is 10.1. The maximum atomic E-state index is 12.1. The number of fused-ring (bicyclic) bond motifs is 1. The number of carboxylic acid groups (broad SMARTS) is 1. The monoisotopic (exact) mass is 309 g/mol. The highest BCUT2D eigenvalue weighted by atomic mass is 32.2. The highest BCUT2D eigenvalue weighted by Crippen LogP contribution is 2.23. The molecule has 7 nitrogen and oxygen atoms in total. The van der Waals surface area contributed by atoms with Crippen molar-refractivity contribution in [2.45, 2.75) is 30.9 Å². The van der Waals surface area contributed by atoms with Gasteiger partial charge in [0.2, 0.25) is 0 Å². The molecule has 0 saturated carbocycles. The van der Waals surface area contributed by atoms with Gasteiger partial charge in [-0.25, -0.2) is 13.2 Å². The van der Waals surface area contributed by atoms with Gasteiger partial charge in [-0.15, -0.1) is 10.2 Å². The van der Waals surface area contributed by atoms with E-state index in [1.807, 2.05) is 0 Å². The summed E-state index contributed by atoms with van der Waals surface area (Å²) in [5, 5.41) is 16.5. The van der Waals surface area contributed by atoms with Crippen LogP contribution in [-0.2, 0) is 16.3 Å². The zero-order chi connectivity index (χ0) is 15.0. The molecule has 8 heteroatoms. The molecule has 0 aromatic carbocycles. The minimum atomic E-state index is -3.09. The second-order valence-corrected chi connectivity index (χ2v) is 7.63. The summed E-state index contributed by atoms with van der Waals surface area (Å²) in [5.74, 6) is -0.372. The van der Waals surface area contributed by atoms with Crippen molar-refractivity contribution in [2.24, 2.45) is 0 Å². The van der Waals surface area contributed by atoms with Crippen molar-refractivity contribution in [3.8, 4) is 0 Å². The molecule has 21 heavy (non-hydrogen) atoms. The van der Waals surface area contributed by atoms with Crippen molar-refractivity contribution in [1.82, 2.24) is 14.6 Å². The summed E-state index contributed by atoms with van der Waals surface area (Å²) in [6.07, 6.45) is 4.15. The van der Waals surface area contributed by atoms with Gasteiger partial charge in [-0.05, 0) is 25.0 Å². The maximum Gasteiger partial charge on any atom is 0.339 e. The largest absolute Gasteiger partial charge is 0.478 e. The van der Waals surface area contributed by atoms with Crippen molar-refractivity contribution in [3.05, 3.63) is 29.7 Å². The first-order valence-electron chi connectivity index (χ1n) is 6.76. The Balaban J connectivity index is 1.99. The van der Waals surface area contributed by atoms with E-state index in [0.717, 1.165) is 6.42 Å². The fourth-order valence-corrected chi connectivity index (χ4v) is 4.59. The average Bonchev–Trinajstić information content (AvgIpc) is 2.84. The number of carboxylic acids is 1. The van der Waals surface area contributed by atoms with Crippen molar-refractivity contribution in [2.75, 3.05) is 5.75 Å². The first-order chi connectivity index (χ1) is 9.99. The Morgan fingerprint density at radius 2 is 2.19 bits per heavy atom. The number of nitrogens with zero attached hydrogens (tertiary/aromatic N) is 3. The number of hydrogen-bond donors (Lipinski definition) is 1. The van der Waals surface area contributed by atoms with Crippen molar-refractivity contribution >= 4 is 21.5 Å². The van der Waals surface area contributed by atoms with Crippen LogP contribution < -0.4 is 0 Å². The van der Waals surface area contributed by atoms with Crippen LogP contribution in [0.3, 0.4) is 0 Å². The summed E-state index contributed by atoms with van der Waals surface area (Å²) in [7, 11) is -3.09. The molecule has 0 aliphatic carbocycles. The Morgan fingerprint density at radius 1 is 1.38 bits per heavy atom. The number of sulfone groups is 1. The number of rotatable bonds is 3. The molecule has 1 N–H and O–H groups in total. The van der Waals surface area contributed by atoms with E-state index in [0.29, 0.717) is 18.7 Å². The number of hydrogen-bond acceptors (Lipinski definition) is 5. The van der Waals surface area contributed by atoms with Crippen LogP contribution in [0.2, 0.25) is 0 Å². The Labute approximate surface area is 121 Å². The van der Waals surface area contributed by atoms with Gasteiger partial charge < -0.3 is 5.11 Å². The van der Waals surface area contributed by atoms with Gasteiger partial charge >= 0.3 is 5.97 Å². The quantitative estimate of drug-likeness (QED) is 0.905. The molecular formula is C13H15N3O4S. The van der Waals surface area contributed by atoms with E-state index in [1.165, 1.54) is 6.07 Å². The van der Waals surface area contributed by atoms with Crippen LogP contribution in [0.15, 0.2) is 18.3 Å². The average molecular weight is 309 g/mol. The van der Waals surface area contributed by atoms with Crippen molar-refractivity contribution in [3.63, 3.8) is 0 Å². The SMILES string of the molecule is O=C(O)c1cccn2c(CC3CCCCS3(=O)=O)nnc12. The first-order valence-corrected chi connectivity index (χ1v) is 8.48. The molecule has 1 atom stereocenters. The third-order valence-corrected chi connectivity index (χ3v) is 6.13. The zero-order valence-electron chi connectivity index (χ0n) is 11.3. The Hall–Kier alpha value is -1.96. The fraction of sp³-hybridized carbons (Fsp3) is 0.462. The number of carbonyl (C=O) groups is 1. The smallest absolute Gasteiger partial charge is 0.339 e. The molecule has 3 heterocycles. The van der Waals surface area contributed by atoms with Gasteiger partial charge in [-0.3, -0.25) is 4.40 Å². The number of aromatic nitrogens is 3. The molecule has 3 rings (SSSR count). The summed E-state index contributed by atoms with van der Waals surface area (Å²) >= 11 is 0. The van der Waals surface area contributed by atoms with E-state index in [9.17, 15) is 13.2 Å². The molecule has 0 spiro atoms. The fourth-order valence-electron chi connectivity index (χ4n) is 2.72. The van der Waals surface area contributed by atoms with E-state index < -0.39 is 21.1 Å². The van der Waals surface area contributed by atoms with Gasteiger partial charge in [0.25, 0.3) is 0 Å². The van der Waals surface area contributed by atoms with Gasteiger partial charge in [-0.2, -0.15) is 0 Å². The number of aromatic carboxylic acids is 1. The highest BCUT2D eigenvalue weighted by molar-refractivity contribution is 7.92. The highest BCUT2D eigenvalue weighted by Gasteiger charge is 2.30. The van der Waals surface area contributed by atoms with Crippen LogP contribution in [0, 0.1) is 0 Å². The molecule has 1 fully saturated rings. The van der Waals surface area contributed by atoms with Crippen LogP contribution in [0.4, 0.5) is 0 Å². The second kappa shape index (κ2) is 5.10. The summed E-state index contributed by atoms with van der Waals surface area (Å²) in [6, 6.07) is 3.05. The topological polar surface area (TPSA) is 102 Å². The lowest BCUT2D eigenvalue weighted by Gasteiger charge is -2.21. The van der Waals surface area contributed by atoms with Gasteiger partial charge in [0, 0.05) is 12.6 Å². The van der Waals surface area contributed by atoms with E-state index in [4.69, 9.17) is 5.11 Å². The van der Waals surface area contributed by atoms with E-state index in [-0.39, 0.29) is 23.4 Å². The van der Waals surface area contributed by atoms with Crippen LogP contribution in [0.1, 0.15) is 35.4 Å². The maximum absolute atomic E-state index is 12.1. The third-order valence-electron chi connectivity index (χ3n) is 3.86. The predicted octanol–water partition coefficient (Wildman–Crippen LogP) is 0.937. The summed E-state index contributed by atoms with van der Waals surface area (Å²) in [4.78, 5) is 11.1. The first kappa shape index (κ1) is 14.0. The standard InChI is InChI=1S/C13H15N3O4S/c17-13(18)10-5-3-6-16-11(14-15-12(10)16)8-9-4-1-2-7-21(9,19)20/h3,5-6,9H,1-2,4,7-8H2,(H,17,18). The molecule has 1 unspecified atom stereocenters. The molecule has 2 aromatic rings. The summed E-state index contributed by atoms with van der Waals surface area (Å²) in [6.45, 7) is 0. The molecule has 1 aliphatic heterocycles. The van der Waals surface area contributed by atoms with Gasteiger partial charge in [-0.1, -0.05) is 6.42 Å². The van der Waals surface area contributed by atoms with Crippen LogP contribution in [-0.4, -0.2) is 45.1 Å². The summed E-state index contributed by atoms with van der Waals surface area (Å²) in [5.41, 5.74) is 0.302. The summed E-state index contributed by atoms with van der Waals surface area (Å²) < 4.78 is 25.7. The molecular weight excluding hydrogens is 294 g/mol. The predicted molar refractivity (Wildman–Crippen MR) is 75.1 cm³/mol. The molecule has 0 radical (unpaired) electrons. The zero-order valence-corrected chi connectivity index (χ0v) is 12.1. The normalized spacial score (nSPS) is 21.4. The van der Waals surface area contributed by atoms with Gasteiger partial charge in [0.05, 0.1) is 11.0 Å². The van der Waals surface area contributed by atoms with Crippen molar-refractivity contribution in [1.29, 1.82) is 0 Å². The lowest BCUT2D eigenvalue weighted by molar-refractivity contribution is 0.0698. The third kappa shape index (κ3) is 2.51. The van der Waals surface area contributed by atoms with Gasteiger partial charge in [0.15, 0.2) is 15.5 Å². The van der Waals surface area contributed by atoms with Gasteiger partial charge in [0.1, 0.15) is 11.4 Å². The molecule has 1 saturated heterocycles. The Morgan fingerprint density at radius 3 is 2.90 bits per heavy atom. The Bertz CT molecular complexity index is 797. The van der Waals surface area contributed by atoms with Crippen LogP contribution >= 0.6 is 0 Å². The minimum absolute atomic E-state index is 0.0581. The van der Waals surface area contributed by atoms with Crippen LogP contribution in [0.25, 0.3) is 5.65 Å². The van der Waals surface area contributed by atoms with Crippen molar-refractivity contribution < 1.29 is 18.3 Å². The minimum Gasteiger partial charge on any atom is -0.478 e. The Kier molecular flexibility index (Phi) is 3.40. The van der Waals surface area contributed by atoms with E-state index >= 15 is 0 Å². The van der Waals surface area contributed by atoms with E-state index in [2.05, 4.69) is 10.2 Å². The second-order valence-electron chi connectivity index (χ2n) is 5.23. The molecule has 2 aromatic heterocycles.